The number of nitrogens with zero attached hydrogens (tertiary/aromatic N) is 1. The summed E-state index contributed by atoms with van der Waals surface area (Å²) in [7, 11) is 3.49. The van der Waals surface area contributed by atoms with Crippen LogP contribution in [0.4, 0.5) is 0 Å². The van der Waals surface area contributed by atoms with E-state index in [0.29, 0.717) is 12.6 Å². The van der Waals surface area contributed by atoms with Crippen LogP contribution < -0.4 is 5.32 Å². The number of nitrogens with one attached hydrogen (secondary N) is 1. The number of carbonyl (C=O) groups excluding carboxylic acids is 1. The summed E-state index contributed by atoms with van der Waals surface area (Å²) in [5.41, 5.74) is 0. The topological polar surface area (TPSA) is 41.6 Å². The van der Waals surface area contributed by atoms with Crippen molar-refractivity contribution in [2.75, 3.05) is 27.2 Å². The van der Waals surface area contributed by atoms with Crippen LogP contribution in [0.1, 0.15) is 33.6 Å². The van der Waals surface area contributed by atoms with E-state index in [1.807, 2.05) is 6.92 Å². The second-order valence-electron chi connectivity index (χ2n) is 4.04. The van der Waals surface area contributed by atoms with Crippen LogP contribution in [0.3, 0.4) is 0 Å². The van der Waals surface area contributed by atoms with Crippen molar-refractivity contribution in [2.24, 2.45) is 0 Å². The lowest BCUT2D eigenvalue weighted by molar-refractivity contribution is -0.143. The number of hydrogen-bond acceptors (Lipinski definition) is 4. The van der Waals surface area contributed by atoms with Crippen LogP contribution in [-0.2, 0) is 9.53 Å². The van der Waals surface area contributed by atoms with Gasteiger partial charge in [0.1, 0.15) is 6.04 Å². The molecule has 0 aromatic heterocycles. The van der Waals surface area contributed by atoms with E-state index >= 15 is 0 Å². The summed E-state index contributed by atoms with van der Waals surface area (Å²) in [6, 6.07) is 0.311. The Morgan fingerprint density at radius 1 is 1.31 bits per heavy atom. The number of carbonyl (C=O) groups is 1. The van der Waals surface area contributed by atoms with Crippen molar-refractivity contribution in [3.05, 3.63) is 0 Å². The predicted octanol–water partition coefficient (Wildman–Crippen LogP) is 1.26. The zero-order chi connectivity index (χ0) is 12.6. The van der Waals surface area contributed by atoms with Gasteiger partial charge in [0.2, 0.25) is 0 Å². The lowest BCUT2D eigenvalue weighted by Gasteiger charge is -2.29. The summed E-state index contributed by atoms with van der Waals surface area (Å²) in [6.45, 7) is 7.81. The summed E-state index contributed by atoms with van der Waals surface area (Å²) < 4.78 is 4.78. The second kappa shape index (κ2) is 8.53. The normalized spacial score (nSPS) is 13.2. The monoisotopic (exact) mass is 230 g/mol. The highest BCUT2D eigenvalue weighted by atomic mass is 16.5. The molecule has 0 amide bonds. The molecule has 0 aromatic carbocycles. The molecule has 1 unspecified atom stereocenters. The Bertz CT molecular complexity index is 193. The van der Waals surface area contributed by atoms with Crippen molar-refractivity contribution in [1.82, 2.24) is 10.2 Å². The van der Waals surface area contributed by atoms with E-state index < -0.39 is 0 Å². The first-order valence-corrected chi connectivity index (χ1v) is 6.12. The van der Waals surface area contributed by atoms with Gasteiger partial charge in [-0.05, 0) is 26.4 Å². The largest absolute Gasteiger partial charge is 0.468 e. The molecule has 0 saturated carbocycles. The minimum atomic E-state index is -0.222. The molecule has 16 heavy (non-hydrogen) atoms. The molecule has 96 valence electrons. The lowest BCUT2D eigenvalue weighted by atomic mass is 10.1. The quantitative estimate of drug-likeness (QED) is 0.637. The third kappa shape index (κ3) is 4.94. The first-order valence-electron chi connectivity index (χ1n) is 6.12. The molecule has 1 N–H and O–H groups in total. The lowest BCUT2D eigenvalue weighted by Crippen LogP contribution is -2.48. The summed E-state index contributed by atoms with van der Waals surface area (Å²) in [4.78, 5) is 13.8. The van der Waals surface area contributed by atoms with Crippen LogP contribution in [-0.4, -0.2) is 50.2 Å². The van der Waals surface area contributed by atoms with Crippen molar-refractivity contribution in [2.45, 2.75) is 45.7 Å². The highest BCUT2D eigenvalue weighted by Crippen LogP contribution is 2.07. The Morgan fingerprint density at radius 3 is 2.25 bits per heavy atom. The Kier molecular flexibility index (Phi) is 8.21. The fourth-order valence-electron chi connectivity index (χ4n) is 1.96. The maximum absolute atomic E-state index is 11.5. The number of methoxy groups -OCH3 is 1. The number of rotatable bonds is 8. The third-order valence-corrected chi connectivity index (χ3v) is 2.97. The van der Waals surface area contributed by atoms with Gasteiger partial charge in [0, 0.05) is 12.6 Å². The van der Waals surface area contributed by atoms with Gasteiger partial charge < -0.3 is 15.0 Å². The minimum absolute atomic E-state index is 0.181. The van der Waals surface area contributed by atoms with Crippen molar-refractivity contribution in [1.29, 1.82) is 0 Å². The van der Waals surface area contributed by atoms with Gasteiger partial charge in [-0.25, -0.2) is 0 Å². The van der Waals surface area contributed by atoms with Crippen LogP contribution in [0.2, 0.25) is 0 Å². The van der Waals surface area contributed by atoms with E-state index in [0.717, 1.165) is 19.4 Å². The highest BCUT2D eigenvalue weighted by Gasteiger charge is 2.22. The van der Waals surface area contributed by atoms with Gasteiger partial charge in [-0.2, -0.15) is 0 Å². The van der Waals surface area contributed by atoms with Gasteiger partial charge in [0.15, 0.2) is 0 Å². The van der Waals surface area contributed by atoms with Crippen LogP contribution in [0.5, 0.6) is 0 Å². The number of ether oxygens (including phenoxy) is 1. The maximum atomic E-state index is 11.5. The van der Waals surface area contributed by atoms with E-state index in [-0.39, 0.29) is 12.0 Å². The van der Waals surface area contributed by atoms with Crippen molar-refractivity contribution in [3.8, 4) is 0 Å². The second-order valence-corrected chi connectivity index (χ2v) is 4.04. The summed E-state index contributed by atoms with van der Waals surface area (Å²) in [5.74, 6) is -0.181. The maximum Gasteiger partial charge on any atom is 0.324 e. The zero-order valence-electron chi connectivity index (χ0n) is 11.2. The van der Waals surface area contributed by atoms with Gasteiger partial charge in [0.05, 0.1) is 7.11 Å². The summed E-state index contributed by atoms with van der Waals surface area (Å²) in [6.07, 6.45) is 2.21. The molecule has 0 aliphatic heterocycles. The first-order chi connectivity index (χ1) is 7.60. The van der Waals surface area contributed by atoms with Crippen LogP contribution in [0.25, 0.3) is 0 Å². The molecule has 0 heterocycles. The molecule has 0 rings (SSSR count). The van der Waals surface area contributed by atoms with Crippen molar-refractivity contribution in [3.63, 3.8) is 0 Å². The Balaban J connectivity index is 4.31. The van der Waals surface area contributed by atoms with E-state index in [4.69, 9.17) is 4.74 Å². The average Bonchev–Trinajstić information content (AvgIpc) is 2.29. The molecule has 0 aromatic rings. The molecule has 0 aliphatic rings. The fourth-order valence-corrected chi connectivity index (χ4v) is 1.96. The van der Waals surface area contributed by atoms with E-state index in [1.54, 1.807) is 0 Å². The molecule has 0 fully saturated rings. The molecule has 4 heteroatoms. The minimum Gasteiger partial charge on any atom is -0.468 e. The summed E-state index contributed by atoms with van der Waals surface area (Å²) in [5, 5.41) is 3.15. The SMILES string of the molecule is CCNC(CN(C)C(CC)CC)C(=O)OC. The van der Waals surface area contributed by atoms with Gasteiger partial charge in [-0.15, -0.1) is 0 Å². The van der Waals surface area contributed by atoms with E-state index in [9.17, 15) is 4.79 Å². The highest BCUT2D eigenvalue weighted by molar-refractivity contribution is 5.75. The number of hydrogen-bond donors (Lipinski definition) is 1. The molecular weight excluding hydrogens is 204 g/mol. The van der Waals surface area contributed by atoms with Crippen molar-refractivity contribution < 1.29 is 9.53 Å². The van der Waals surface area contributed by atoms with E-state index in [2.05, 4.69) is 31.1 Å². The van der Waals surface area contributed by atoms with E-state index in [1.165, 1.54) is 7.11 Å². The van der Waals surface area contributed by atoms with Gasteiger partial charge in [-0.1, -0.05) is 20.8 Å². The van der Waals surface area contributed by atoms with Gasteiger partial charge in [-0.3, -0.25) is 4.79 Å². The Hall–Kier alpha value is -0.610. The zero-order valence-corrected chi connectivity index (χ0v) is 11.2. The van der Waals surface area contributed by atoms with Crippen LogP contribution in [0, 0.1) is 0 Å². The Labute approximate surface area is 99.3 Å². The molecule has 0 bridgehead atoms. The molecule has 0 saturated heterocycles. The smallest absolute Gasteiger partial charge is 0.324 e. The predicted molar refractivity (Wildman–Crippen MR) is 66.5 cm³/mol. The standard InChI is InChI=1S/C12H26N2O2/c1-6-10(7-2)14(4)9-11(13-8-3)12(15)16-5/h10-11,13H,6-9H2,1-5H3. The molecular formula is C12H26N2O2. The van der Waals surface area contributed by atoms with Gasteiger partial charge in [0.25, 0.3) is 0 Å². The molecule has 1 atom stereocenters. The average molecular weight is 230 g/mol. The third-order valence-electron chi connectivity index (χ3n) is 2.97. The Morgan fingerprint density at radius 2 is 1.88 bits per heavy atom. The molecule has 0 spiro atoms. The van der Waals surface area contributed by atoms with Crippen LogP contribution >= 0.6 is 0 Å². The number of esters is 1. The molecule has 4 nitrogen and oxygen atoms in total. The molecule has 0 radical (unpaired) electrons. The summed E-state index contributed by atoms with van der Waals surface area (Å²) >= 11 is 0. The first kappa shape index (κ1) is 15.4. The number of likely N-dealkylation sites (N-methyl/N-ethyl adjacent to an activating group) is 2. The van der Waals surface area contributed by atoms with Gasteiger partial charge >= 0.3 is 5.97 Å². The van der Waals surface area contributed by atoms with Crippen molar-refractivity contribution >= 4 is 5.97 Å². The molecule has 0 aliphatic carbocycles. The fraction of sp³-hybridized carbons (Fsp3) is 0.917. The van der Waals surface area contributed by atoms with Crippen LogP contribution in [0.15, 0.2) is 0 Å².